The highest BCUT2D eigenvalue weighted by molar-refractivity contribution is 5.25. The zero-order chi connectivity index (χ0) is 15.4. The summed E-state index contributed by atoms with van der Waals surface area (Å²) in [5, 5.41) is 3.62. The van der Waals surface area contributed by atoms with Crippen LogP contribution in [-0.2, 0) is 6.54 Å². The van der Waals surface area contributed by atoms with Crippen LogP contribution in [-0.4, -0.2) is 30.6 Å². The maximum absolute atomic E-state index is 3.62. The van der Waals surface area contributed by atoms with E-state index in [9.17, 15) is 0 Å². The van der Waals surface area contributed by atoms with Crippen LogP contribution in [0.15, 0.2) is 24.3 Å². The van der Waals surface area contributed by atoms with Crippen LogP contribution in [0.4, 0.5) is 0 Å². The first kappa shape index (κ1) is 17.2. The van der Waals surface area contributed by atoms with Gasteiger partial charge < -0.3 is 10.2 Å². The highest BCUT2D eigenvalue weighted by Crippen LogP contribution is 2.19. The summed E-state index contributed by atoms with van der Waals surface area (Å²) >= 11 is 0. The number of aryl methyl sites for hydroxylation is 1. The Hall–Kier alpha value is -0.860. The molecule has 1 aromatic carbocycles. The molecule has 0 amide bonds. The van der Waals surface area contributed by atoms with Gasteiger partial charge in [0.25, 0.3) is 0 Å². The first-order valence-electron chi connectivity index (χ1n) is 7.57. The van der Waals surface area contributed by atoms with Crippen LogP contribution >= 0.6 is 0 Å². The molecule has 20 heavy (non-hydrogen) atoms. The Morgan fingerprint density at radius 1 is 1.05 bits per heavy atom. The summed E-state index contributed by atoms with van der Waals surface area (Å²) < 4.78 is 0. The van der Waals surface area contributed by atoms with Crippen molar-refractivity contribution in [2.24, 2.45) is 5.41 Å². The van der Waals surface area contributed by atoms with Crippen molar-refractivity contribution >= 4 is 0 Å². The summed E-state index contributed by atoms with van der Waals surface area (Å²) in [5.74, 6) is 0. The van der Waals surface area contributed by atoms with Gasteiger partial charge in [-0.15, -0.1) is 0 Å². The number of nitrogens with zero attached hydrogens (tertiary/aromatic N) is 1. The first-order chi connectivity index (χ1) is 9.09. The van der Waals surface area contributed by atoms with Crippen LogP contribution in [0.2, 0.25) is 0 Å². The van der Waals surface area contributed by atoms with Gasteiger partial charge in [-0.1, -0.05) is 38.1 Å². The van der Waals surface area contributed by atoms with Crippen molar-refractivity contribution in [3.8, 4) is 0 Å². The lowest BCUT2D eigenvalue weighted by atomic mass is 9.91. The molecule has 0 fully saturated rings. The fraction of sp³-hybridized carbons (Fsp3) is 0.667. The van der Waals surface area contributed by atoms with Crippen molar-refractivity contribution in [3.63, 3.8) is 0 Å². The van der Waals surface area contributed by atoms with E-state index in [2.05, 4.69) is 83.1 Å². The topological polar surface area (TPSA) is 15.3 Å². The van der Waals surface area contributed by atoms with Crippen molar-refractivity contribution < 1.29 is 0 Å². The van der Waals surface area contributed by atoms with Crippen molar-refractivity contribution in [1.29, 1.82) is 0 Å². The maximum atomic E-state index is 3.62. The van der Waals surface area contributed by atoms with E-state index in [-0.39, 0.29) is 11.0 Å². The Morgan fingerprint density at radius 2 is 1.65 bits per heavy atom. The van der Waals surface area contributed by atoms with E-state index in [1.165, 1.54) is 11.1 Å². The Balaban J connectivity index is 2.52. The molecular formula is C18H32N2. The molecule has 0 spiro atoms. The van der Waals surface area contributed by atoms with Crippen LogP contribution in [0.5, 0.6) is 0 Å². The summed E-state index contributed by atoms with van der Waals surface area (Å²) in [6.07, 6.45) is 0. The number of rotatable bonds is 6. The third kappa shape index (κ3) is 6.53. The number of hydrogen-bond acceptors (Lipinski definition) is 2. The standard InChI is InChI=1S/C18H32N2/c1-15-10-8-9-11-16(15)12-20(7)14-18(5,6)13-19-17(2,3)4/h8-11,19H,12-14H2,1-7H3. The van der Waals surface area contributed by atoms with Crippen LogP contribution in [0.1, 0.15) is 45.7 Å². The third-order valence-electron chi connectivity index (χ3n) is 3.50. The molecule has 0 atom stereocenters. The van der Waals surface area contributed by atoms with E-state index in [4.69, 9.17) is 0 Å². The zero-order valence-corrected chi connectivity index (χ0v) is 14.4. The molecule has 2 heteroatoms. The molecule has 0 bridgehead atoms. The van der Waals surface area contributed by atoms with Crippen molar-refractivity contribution in [2.45, 2.75) is 53.6 Å². The summed E-state index contributed by atoms with van der Waals surface area (Å²) in [6, 6.07) is 8.65. The Labute approximate surface area is 125 Å². The van der Waals surface area contributed by atoms with Crippen molar-refractivity contribution in [3.05, 3.63) is 35.4 Å². The zero-order valence-electron chi connectivity index (χ0n) is 14.4. The molecule has 114 valence electrons. The minimum Gasteiger partial charge on any atom is -0.311 e. The molecule has 0 heterocycles. The first-order valence-corrected chi connectivity index (χ1v) is 7.57. The highest BCUT2D eigenvalue weighted by atomic mass is 15.1. The van der Waals surface area contributed by atoms with Gasteiger partial charge in [0.15, 0.2) is 0 Å². The lowest BCUT2D eigenvalue weighted by molar-refractivity contribution is 0.186. The molecule has 0 aliphatic heterocycles. The molecule has 2 nitrogen and oxygen atoms in total. The SMILES string of the molecule is Cc1ccccc1CN(C)CC(C)(C)CNC(C)(C)C. The van der Waals surface area contributed by atoms with Gasteiger partial charge in [0.1, 0.15) is 0 Å². The quantitative estimate of drug-likeness (QED) is 0.849. The monoisotopic (exact) mass is 276 g/mol. The normalized spacial score (nSPS) is 13.0. The Morgan fingerprint density at radius 3 is 2.20 bits per heavy atom. The maximum Gasteiger partial charge on any atom is 0.0233 e. The van der Waals surface area contributed by atoms with Gasteiger partial charge in [-0.25, -0.2) is 0 Å². The third-order valence-corrected chi connectivity index (χ3v) is 3.50. The van der Waals surface area contributed by atoms with Gasteiger partial charge in [-0.05, 0) is 51.3 Å². The van der Waals surface area contributed by atoms with E-state index in [0.717, 1.165) is 19.6 Å². The molecule has 0 aliphatic rings. The minimum atomic E-state index is 0.186. The molecule has 1 N–H and O–H groups in total. The second-order valence-corrected chi connectivity index (χ2v) is 7.87. The van der Waals surface area contributed by atoms with E-state index in [1.54, 1.807) is 0 Å². The average molecular weight is 276 g/mol. The van der Waals surface area contributed by atoms with Crippen LogP contribution < -0.4 is 5.32 Å². The number of nitrogens with one attached hydrogen (secondary N) is 1. The second-order valence-electron chi connectivity index (χ2n) is 7.87. The Bertz CT molecular complexity index is 416. The van der Waals surface area contributed by atoms with Gasteiger partial charge in [-0.2, -0.15) is 0 Å². The fourth-order valence-corrected chi connectivity index (χ4v) is 2.43. The Kier molecular flexibility index (Phi) is 5.79. The lowest BCUT2D eigenvalue weighted by Gasteiger charge is -2.34. The molecule has 0 unspecified atom stereocenters. The lowest BCUT2D eigenvalue weighted by Crippen LogP contribution is -2.45. The van der Waals surface area contributed by atoms with Crippen LogP contribution in [0.25, 0.3) is 0 Å². The predicted octanol–water partition coefficient (Wildman–Crippen LogP) is 3.84. The molecule has 0 aliphatic carbocycles. The van der Waals surface area contributed by atoms with E-state index >= 15 is 0 Å². The van der Waals surface area contributed by atoms with E-state index in [1.807, 2.05) is 0 Å². The fourth-order valence-electron chi connectivity index (χ4n) is 2.43. The van der Waals surface area contributed by atoms with Gasteiger partial charge in [-0.3, -0.25) is 0 Å². The van der Waals surface area contributed by atoms with Gasteiger partial charge in [0.2, 0.25) is 0 Å². The van der Waals surface area contributed by atoms with Gasteiger partial charge in [0, 0.05) is 25.2 Å². The summed E-state index contributed by atoms with van der Waals surface area (Å²) in [7, 11) is 2.21. The average Bonchev–Trinajstić information content (AvgIpc) is 2.28. The largest absolute Gasteiger partial charge is 0.311 e. The summed E-state index contributed by atoms with van der Waals surface area (Å²) in [4.78, 5) is 2.42. The highest BCUT2D eigenvalue weighted by Gasteiger charge is 2.22. The second kappa shape index (κ2) is 6.73. The molecule has 0 radical (unpaired) electrons. The molecule has 0 saturated heterocycles. The molecule has 0 aromatic heterocycles. The van der Waals surface area contributed by atoms with Crippen molar-refractivity contribution in [2.75, 3.05) is 20.1 Å². The van der Waals surface area contributed by atoms with E-state index < -0.39 is 0 Å². The van der Waals surface area contributed by atoms with Crippen LogP contribution in [0.3, 0.4) is 0 Å². The molecule has 1 aromatic rings. The summed E-state index contributed by atoms with van der Waals surface area (Å²) in [5.41, 5.74) is 3.26. The van der Waals surface area contributed by atoms with Gasteiger partial charge >= 0.3 is 0 Å². The number of hydrogen-bond donors (Lipinski definition) is 1. The minimum absolute atomic E-state index is 0.186. The smallest absolute Gasteiger partial charge is 0.0233 e. The van der Waals surface area contributed by atoms with Crippen molar-refractivity contribution in [1.82, 2.24) is 10.2 Å². The van der Waals surface area contributed by atoms with Crippen LogP contribution in [0, 0.1) is 12.3 Å². The molecule has 1 rings (SSSR count). The summed E-state index contributed by atoms with van der Waals surface area (Å²) in [6.45, 7) is 16.7. The molecule has 0 saturated carbocycles. The predicted molar refractivity (Wildman–Crippen MR) is 89.0 cm³/mol. The molecular weight excluding hydrogens is 244 g/mol. The van der Waals surface area contributed by atoms with E-state index in [0.29, 0.717) is 0 Å². The van der Waals surface area contributed by atoms with Gasteiger partial charge in [0.05, 0.1) is 0 Å². The number of benzene rings is 1.